The molecule has 5 nitrogen and oxygen atoms in total. The van der Waals surface area contributed by atoms with Crippen molar-refractivity contribution in [3.63, 3.8) is 0 Å². The highest BCUT2D eigenvalue weighted by atomic mass is 127. The lowest BCUT2D eigenvalue weighted by Gasteiger charge is -2.31. The lowest BCUT2D eigenvalue weighted by molar-refractivity contribution is 0.138. The molecule has 1 saturated carbocycles. The van der Waals surface area contributed by atoms with Crippen molar-refractivity contribution in [2.45, 2.75) is 51.0 Å². The van der Waals surface area contributed by atoms with E-state index in [9.17, 15) is 0 Å². The summed E-state index contributed by atoms with van der Waals surface area (Å²) in [5.74, 6) is 0.930. The summed E-state index contributed by atoms with van der Waals surface area (Å²) >= 11 is 1.86. The molecule has 0 amide bonds. The van der Waals surface area contributed by atoms with E-state index in [1.165, 1.54) is 56.5 Å². The summed E-state index contributed by atoms with van der Waals surface area (Å²) in [5, 5.41) is 9.41. The zero-order chi connectivity index (χ0) is 19.0. The van der Waals surface area contributed by atoms with Crippen LogP contribution in [-0.2, 0) is 4.74 Å². The predicted molar refractivity (Wildman–Crippen MR) is 130 cm³/mol. The molecule has 160 valence electrons. The molecule has 3 rings (SSSR count). The first-order valence-corrected chi connectivity index (χ1v) is 11.4. The molecule has 2 aliphatic rings. The second kappa shape index (κ2) is 12.3. The molecule has 2 fully saturated rings. The Kier molecular flexibility index (Phi) is 10.5. The average Bonchev–Trinajstić information content (AvgIpc) is 3.46. The van der Waals surface area contributed by atoms with Crippen LogP contribution in [0.3, 0.4) is 0 Å². The largest absolute Gasteiger partial charge is 0.385 e. The quantitative estimate of drug-likeness (QED) is 0.290. The summed E-state index contributed by atoms with van der Waals surface area (Å²) in [6, 6.07) is 4.87. The molecule has 0 bridgehead atoms. The topological polar surface area (TPSA) is 48.9 Å². The Bertz CT molecular complexity index is 569. The highest BCUT2D eigenvalue weighted by Gasteiger charge is 2.33. The van der Waals surface area contributed by atoms with Crippen molar-refractivity contribution in [3.8, 4) is 0 Å². The Balaban J connectivity index is 0.00000280. The minimum Gasteiger partial charge on any atom is -0.385 e. The van der Waals surface area contributed by atoms with Crippen molar-refractivity contribution in [2.75, 3.05) is 46.9 Å². The molecule has 1 aliphatic carbocycles. The van der Waals surface area contributed by atoms with E-state index in [1.54, 1.807) is 7.11 Å². The SMILES string of the molecule is CN=C(NCC(c1cccs1)N1CCCC1)NCC1(CCOC)CCCC1.I. The molecule has 2 heterocycles. The van der Waals surface area contributed by atoms with E-state index in [0.717, 1.165) is 32.1 Å². The van der Waals surface area contributed by atoms with E-state index in [2.05, 4.69) is 38.0 Å². The van der Waals surface area contributed by atoms with Gasteiger partial charge in [-0.05, 0) is 62.1 Å². The lowest BCUT2D eigenvalue weighted by Crippen LogP contribution is -2.46. The number of hydrogen-bond donors (Lipinski definition) is 2. The summed E-state index contributed by atoms with van der Waals surface area (Å²) in [6.45, 7) is 5.16. The molecule has 7 heteroatoms. The highest BCUT2D eigenvalue weighted by molar-refractivity contribution is 14.0. The van der Waals surface area contributed by atoms with Crippen molar-refractivity contribution in [3.05, 3.63) is 22.4 Å². The van der Waals surface area contributed by atoms with Gasteiger partial charge in [-0.2, -0.15) is 0 Å². The van der Waals surface area contributed by atoms with Crippen molar-refractivity contribution >= 4 is 41.3 Å². The molecule has 2 N–H and O–H groups in total. The van der Waals surface area contributed by atoms with Gasteiger partial charge in [-0.1, -0.05) is 18.9 Å². The van der Waals surface area contributed by atoms with Crippen LogP contribution in [-0.4, -0.2) is 57.8 Å². The third-order valence-corrected chi connectivity index (χ3v) is 7.24. The zero-order valence-electron chi connectivity index (χ0n) is 17.4. The number of methoxy groups -OCH3 is 1. The normalized spacial score (nSPS) is 20.7. The summed E-state index contributed by atoms with van der Waals surface area (Å²) in [4.78, 5) is 8.55. The van der Waals surface area contributed by atoms with E-state index in [-0.39, 0.29) is 24.0 Å². The number of nitrogens with one attached hydrogen (secondary N) is 2. The second-order valence-corrected chi connectivity index (χ2v) is 9.01. The summed E-state index contributed by atoms with van der Waals surface area (Å²) < 4.78 is 5.36. The molecule has 1 aromatic heterocycles. The molecule has 28 heavy (non-hydrogen) atoms. The Morgan fingerprint density at radius 3 is 2.61 bits per heavy atom. The van der Waals surface area contributed by atoms with Gasteiger partial charge in [0.15, 0.2) is 5.96 Å². The van der Waals surface area contributed by atoms with E-state index in [1.807, 2.05) is 18.4 Å². The van der Waals surface area contributed by atoms with Crippen molar-refractivity contribution in [1.82, 2.24) is 15.5 Å². The number of hydrogen-bond acceptors (Lipinski definition) is 4. The molecule has 1 aliphatic heterocycles. The van der Waals surface area contributed by atoms with Crippen LogP contribution in [0.5, 0.6) is 0 Å². The number of guanidine groups is 1. The van der Waals surface area contributed by atoms with Crippen LogP contribution in [0.25, 0.3) is 0 Å². The van der Waals surface area contributed by atoms with Crippen LogP contribution >= 0.6 is 35.3 Å². The minimum atomic E-state index is 0. The smallest absolute Gasteiger partial charge is 0.191 e. The standard InChI is InChI=1S/C21H36N4OS.HI/c1-22-20(24-17-21(11-14-26-2)9-3-4-10-21)23-16-18(19-8-7-15-27-19)25-12-5-6-13-25;/h7-8,15,18H,3-6,9-14,16-17H2,1-2H3,(H2,22,23,24);1H. The Labute approximate surface area is 191 Å². The molecule has 0 aromatic carbocycles. The Morgan fingerprint density at radius 1 is 1.25 bits per heavy atom. The Hall–Kier alpha value is -0.380. The second-order valence-electron chi connectivity index (χ2n) is 8.03. The van der Waals surface area contributed by atoms with Gasteiger partial charge >= 0.3 is 0 Å². The van der Waals surface area contributed by atoms with E-state index in [4.69, 9.17) is 4.74 Å². The molecule has 1 unspecified atom stereocenters. The van der Waals surface area contributed by atoms with E-state index >= 15 is 0 Å². The fraction of sp³-hybridized carbons (Fsp3) is 0.762. The van der Waals surface area contributed by atoms with Crippen LogP contribution in [0, 0.1) is 5.41 Å². The number of aliphatic imine (C=N–C) groups is 1. The summed E-state index contributed by atoms with van der Waals surface area (Å²) in [5.41, 5.74) is 0.371. The maximum absolute atomic E-state index is 5.36. The molecular formula is C21H37IN4OS. The maximum Gasteiger partial charge on any atom is 0.191 e. The first kappa shape index (κ1) is 23.9. The Morgan fingerprint density at radius 2 is 2.00 bits per heavy atom. The third kappa shape index (κ3) is 6.57. The van der Waals surface area contributed by atoms with E-state index < -0.39 is 0 Å². The highest BCUT2D eigenvalue weighted by Crippen LogP contribution is 2.40. The average molecular weight is 521 g/mol. The molecule has 1 aromatic rings. The first-order valence-electron chi connectivity index (χ1n) is 10.5. The predicted octanol–water partition coefficient (Wildman–Crippen LogP) is 4.26. The van der Waals surface area contributed by atoms with Gasteiger partial charge in [0.1, 0.15) is 0 Å². The van der Waals surface area contributed by atoms with Crippen LogP contribution < -0.4 is 10.6 Å². The molecule has 0 radical (unpaired) electrons. The van der Waals surface area contributed by atoms with Crippen LogP contribution in [0.4, 0.5) is 0 Å². The number of thiophene rings is 1. The van der Waals surface area contributed by atoms with Crippen molar-refractivity contribution in [1.29, 1.82) is 0 Å². The fourth-order valence-electron chi connectivity index (χ4n) is 4.59. The first-order chi connectivity index (χ1) is 13.3. The van der Waals surface area contributed by atoms with Crippen molar-refractivity contribution in [2.24, 2.45) is 10.4 Å². The monoisotopic (exact) mass is 520 g/mol. The number of nitrogens with zero attached hydrogens (tertiary/aromatic N) is 2. The maximum atomic E-state index is 5.36. The third-order valence-electron chi connectivity index (χ3n) is 6.27. The number of rotatable bonds is 9. The van der Waals surface area contributed by atoms with Gasteiger partial charge in [-0.25, -0.2) is 0 Å². The van der Waals surface area contributed by atoms with Gasteiger partial charge in [0.05, 0.1) is 6.04 Å². The summed E-state index contributed by atoms with van der Waals surface area (Å²) in [7, 11) is 3.68. The van der Waals surface area contributed by atoms with Gasteiger partial charge in [0.2, 0.25) is 0 Å². The minimum absolute atomic E-state index is 0. The molecule has 1 atom stereocenters. The summed E-state index contributed by atoms with van der Waals surface area (Å²) in [6.07, 6.45) is 9.05. The van der Waals surface area contributed by atoms with Crippen LogP contribution in [0.1, 0.15) is 55.9 Å². The van der Waals surface area contributed by atoms with Gasteiger partial charge in [0.25, 0.3) is 0 Å². The molecule has 1 saturated heterocycles. The van der Waals surface area contributed by atoms with Gasteiger partial charge in [0, 0.05) is 38.7 Å². The van der Waals surface area contributed by atoms with Crippen molar-refractivity contribution < 1.29 is 4.74 Å². The zero-order valence-corrected chi connectivity index (χ0v) is 20.6. The number of ether oxygens (including phenoxy) is 1. The van der Waals surface area contributed by atoms with Gasteiger partial charge < -0.3 is 15.4 Å². The molecular weight excluding hydrogens is 483 g/mol. The van der Waals surface area contributed by atoms with Crippen LogP contribution in [0.2, 0.25) is 0 Å². The number of halogens is 1. The molecule has 0 spiro atoms. The van der Waals surface area contributed by atoms with Gasteiger partial charge in [-0.3, -0.25) is 9.89 Å². The van der Waals surface area contributed by atoms with E-state index in [0.29, 0.717) is 11.5 Å². The number of likely N-dealkylation sites (tertiary alicyclic amines) is 1. The van der Waals surface area contributed by atoms with Crippen LogP contribution in [0.15, 0.2) is 22.5 Å². The van der Waals surface area contributed by atoms with Gasteiger partial charge in [-0.15, -0.1) is 35.3 Å². The fourth-order valence-corrected chi connectivity index (χ4v) is 5.45. The lowest BCUT2D eigenvalue weighted by atomic mass is 9.83.